The van der Waals surface area contributed by atoms with E-state index in [0.29, 0.717) is 32.3 Å². The number of aliphatic imine (C=N–C) groups is 1. The van der Waals surface area contributed by atoms with Gasteiger partial charge in [-0.1, -0.05) is 12.1 Å². The van der Waals surface area contributed by atoms with Gasteiger partial charge < -0.3 is 19.8 Å². The number of nitrogens with one attached hydrogen (secondary N) is 2. The first kappa shape index (κ1) is 22.2. The van der Waals surface area contributed by atoms with Crippen LogP contribution in [0.3, 0.4) is 0 Å². The van der Waals surface area contributed by atoms with Crippen molar-refractivity contribution in [3.05, 3.63) is 59.5 Å². The van der Waals surface area contributed by atoms with E-state index in [1.165, 1.54) is 0 Å². The lowest BCUT2D eigenvalue weighted by Gasteiger charge is -2.35. The summed E-state index contributed by atoms with van der Waals surface area (Å²) >= 11 is 0. The molecule has 164 valence electrons. The number of morpholine rings is 1. The van der Waals surface area contributed by atoms with E-state index in [2.05, 4.69) is 20.5 Å². The highest BCUT2D eigenvalue weighted by Gasteiger charge is 2.31. The lowest BCUT2D eigenvalue weighted by atomic mass is 10.0. The van der Waals surface area contributed by atoms with Gasteiger partial charge in [0, 0.05) is 39.6 Å². The normalized spacial score (nSPS) is 17.0. The Hall–Kier alpha value is -2.52. The highest BCUT2D eigenvalue weighted by molar-refractivity contribution is 5.79. The molecule has 1 aliphatic heterocycles. The fraction of sp³-hybridized carbons (Fsp3) is 0.476. The van der Waals surface area contributed by atoms with Gasteiger partial charge in [0.05, 0.1) is 31.1 Å². The van der Waals surface area contributed by atoms with Crippen molar-refractivity contribution in [1.82, 2.24) is 15.5 Å². The van der Waals surface area contributed by atoms with E-state index in [4.69, 9.17) is 9.15 Å². The molecule has 6 nitrogen and oxygen atoms in total. The van der Waals surface area contributed by atoms with E-state index in [9.17, 15) is 13.2 Å². The quantitative estimate of drug-likeness (QED) is 0.529. The molecule has 0 bridgehead atoms. The summed E-state index contributed by atoms with van der Waals surface area (Å²) in [6, 6.07) is 9.05. The molecule has 0 aliphatic carbocycles. The molecule has 2 aromatic rings. The molecule has 9 heteroatoms. The van der Waals surface area contributed by atoms with Crippen LogP contribution in [0.4, 0.5) is 13.2 Å². The Bertz CT molecular complexity index is 786. The van der Waals surface area contributed by atoms with Crippen LogP contribution in [0.5, 0.6) is 0 Å². The van der Waals surface area contributed by atoms with E-state index in [0.717, 1.165) is 43.0 Å². The zero-order valence-corrected chi connectivity index (χ0v) is 16.9. The number of benzene rings is 1. The Labute approximate surface area is 174 Å². The Morgan fingerprint density at radius 1 is 1.13 bits per heavy atom. The van der Waals surface area contributed by atoms with Crippen LogP contribution < -0.4 is 10.6 Å². The van der Waals surface area contributed by atoms with Crippen LogP contribution in [-0.2, 0) is 17.3 Å². The maximum Gasteiger partial charge on any atom is 0.416 e. The fourth-order valence-electron chi connectivity index (χ4n) is 3.41. The topological polar surface area (TPSA) is 62.0 Å². The molecule has 2 heterocycles. The lowest BCUT2D eigenvalue weighted by Crippen LogP contribution is -2.46. The van der Waals surface area contributed by atoms with Crippen LogP contribution in [0.15, 0.2) is 52.1 Å². The summed E-state index contributed by atoms with van der Waals surface area (Å²) in [5.41, 5.74) is 0.179. The van der Waals surface area contributed by atoms with Crippen molar-refractivity contribution < 1.29 is 22.3 Å². The smallest absolute Gasteiger partial charge is 0.416 e. The molecule has 0 spiro atoms. The van der Waals surface area contributed by atoms with Crippen LogP contribution in [-0.4, -0.2) is 57.3 Å². The van der Waals surface area contributed by atoms with Gasteiger partial charge in [-0.3, -0.25) is 9.89 Å². The zero-order valence-electron chi connectivity index (χ0n) is 16.9. The molecular formula is C21H27F3N4O2. The van der Waals surface area contributed by atoms with Crippen molar-refractivity contribution in [2.75, 3.05) is 46.4 Å². The molecule has 0 saturated carbocycles. The van der Waals surface area contributed by atoms with Gasteiger partial charge in [-0.15, -0.1) is 0 Å². The van der Waals surface area contributed by atoms with Crippen molar-refractivity contribution in [3.8, 4) is 0 Å². The molecule has 2 N–H and O–H groups in total. The third kappa shape index (κ3) is 6.24. The average Bonchev–Trinajstić information content (AvgIpc) is 3.26. The minimum Gasteiger partial charge on any atom is -0.469 e. The molecule has 1 fully saturated rings. The SMILES string of the molecule is CN=C(NCCc1ccco1)NCC(c1ccc(C(F)(F)F)cc1)N1CCOCC1. The number of hydrogen-bond acceptors (Lipinski definition) is 4. The van der Waals surface area contributed by atoms with Crippen LogP contribution in [0.25, 0.3) is 0 Å². The summed E-state index contributed by atoms with van der Waals surface area (Å²) in [7, 11) is 1.68. The predicted octanol–water partition coefficient (Wildman–Crippen LogP) is 3.08. The molecule has 0 amide bonds. The van der Waals surface area contributed by atoms with Gasteiger partial charge in [0.25, 0.3) is 0 Å². The van der Waals surface area contributed by atoms with E-state index >= 15 is 0 Å². The average molecular weight is 424 g/mol. The minimum absolute atomic E-state index is 0.0974. The molecule has 3 rings (SSSR count). The third-order valence-electron chi connectivity index (χ3n) is 5.04. The van der Waals surface area contributed by atoms with Crippen molar-refractivity contribution in [1.29, 1.82) is 0 Å². The Morgan fingerprint density at radius 3 is 2.47 bits per heavy atom. The Morgan fingerprint density at radius 2 is 1.87 bits per heavy atom. The molecular weight excluding hydrogens is 397 g/mol. The first-order chi connectivity index (χ1) is 14.5. The predicted molar refractivity (Wildman–Crippen MR) is 108 cm³/mol. The Balaban J connectivity index is 1.63. The van der Waals surface area contributed by atoms with Gasteiger partial charge in [0.2, 0.25) is 0 Å². The van der Waals surface area contributed by atoms with Crippen molar-refractivity contribution in [2.24, 2.45) is 4.99 Å². The van der Waals surface area contributed by atoms with E-state index < -0.39 is 11.7 Å². The first-order valence-electron chi connectivity index (χ1n) is 9.93. The summed E-state index contributed by atoms with van der Waals surface area (Å²) in [6.07, 6.45) is -1.98. The molecule has 30 heavy (non-hydrogen) atoms. The van der Waals surface area contributed by atoms with Crippen molar-refractivity contribution in [2.45, 2.75) is 18.6 Å². The second-order valence-corrected chi connectivity index (χ2v) is 6.99. The number of ether oxygens (including phenoxy) is 1. The molecule has 1 saturated heterocycles. The number of rotatable bonds is 7. The van der Waals surface area contributed by atoms with Gasteiger partial charge in [0.15, 0.2) is 5.96 Å². The van der Waals surface area contributed by atoms with Crippen molar-refractivity contribution in [3.63, 3.8) is 0 Å². The highest BCUT2D eigenvalue weighted by atomic mass is 19.4. The summed E-state index contributed by atoms with van der Waals surface area (Å²) in [5, 5.41) is 6.53. The van der Waals surface area contributed by atoms with Gasteiger partial charge in [-0.2, -0.15) is 13.2 Å². The van der Waals surface area contributed by atoms with E-state index in [1.54, 1.807) is 25.4 Å². The van der Waals surface area contributed by atoms with Gasteiger partial charge in [0.1, 0.15) is 5.76 Å². The minimum atomic E-state index is -4.34. The van der Waals surface area contributed by atoms with Gasteiger partial charge in [-0.25, -0.2) is 0 Å². The monoisotopic (exact) mass is 424 g/mol. The maximum absolute atomic E-state index is 12.9. The summed E-state index contributed by atoms with van der Waals surface area (Å²) < 4.78 is 49.5. The number of alkyl halides is 3. The molecule has 1 unspecified atom stereocenters. The Kier molecular flexibility index (Phi) is 7.75. The first-order valence-corrected chi connectivity index (χ1v) is 9.93. The highest BCUT2D eigenvalue weighted by Crippen LogP contribution is 2.31. The van der Waals surface area contributed by atoms with Gasteiger partial charge >= 0.3 is 6.18 Å². The summed E-state index contributed by atoms with van der Waals surface area (Å²) in [4.78, 5) is 6.45. The maximum atomic E-state index is 12.9. The number of hydrogen-bond donors (Lipinski definition) is 2. The molecule has 1 aliphatic rings. The largest absolute Gasteiger partial charge is 0.469 e. The van der Waals surface area contributed by atoms with Crippen LogP contribution in [0.1, 0.15) is 22.9 Å². The van der Waals surface area contributed by atoms with Crippen molar-refractivity contribution >= 4 is 5.96 Å². The standard InChI is InChI=1S/C21H27F3N4O2/c1-25-20(26-9-8-18-3-2-12-30-18)27-15-19(28-10-13-29-14-11-28)16-4-6-17(7-5-16)21(22,23)24/h2-7,12,19H,8-11,13-15H2,1H3,(H2,25,26,27). The van der Waals surface area contributed by atoms with Crippen LogP contribution in [0.2, 0.25) is 0 Å². The second-order valence-electron chi connectivity index (χ2n) is 6.99. The van der Waals surface area contributed by atoms with E-state index in [-0.39, 0.29) is 6.04 Å². The zero-order chi connectivity index (χ0) is 21.4. The number of furan rings is 1. The van der Waals surface area contributed by atoms with Gasteiger partial charge in [-0.05, 0) is 29.8 Å². The molecule has 0 radical (unpaired) electrons. The van der Waals surface area contributed by atoms with E-state index in [1.807, 2.05) is 12.1 Å². The number of nitrogens with zero attached hydrogens (tertiary/aromatic N) is 2. The summed E-state index contributed by atoms with van der Waals surface area (Å²) in [5.74, 6) is 1.51. The second kappa shape index (κ2) is 10.5. The number of halogens is 3. The third-order valence-corrected chi connectivity index (χ3v) is 5.04. The molecule has 1 aromatic heterocycles. The van der Waals surface area contributed by atoms with Crippen LogP contribution in [0, 0.1) is 0 Å². The fourth-order valence-corrected chi connectivity index (χ4v) is 3.41. The van der Waals surface area contributed by atoms with Crippen LogP contribution >= 0.6 is 0 Å². The summed E-state index contributed by atoms with van der Waals surface area (Å²) in [6.45, 7) is 3.80. The number of guanidine groups is 1. The molecule has 1 aromatic carbocycles. The molecule has 1 atom stereocenters. The lowest BCUT2D eigenvalue weighted by molar-refractivity contribution is -0.137.